The predicted octanol–water partition coefficient (Wildman–Crippen LogP) is -2.54. The fraction of sp³-hybridized carbons (Fsp3) is 0.636. The molecule has 2 N–H and O–H groups in total. The summed E-state index contributed by atoms with van der Waals surface area (Å²) in [5.41, 5.74) is 0. The van der Waals surface area contributed by atoms with E-state index in [1.165, 1.54) is 6.92 Å². The molecule has 1 heterocycles. The molecule has 0 aromatic carbocycles. The van der Waals surface area contributed by atoms with E-state index >= 15 is 0 Å². The van der Waals surface area contributed by atoms with E-state index in [0.29, 0.717) is 0 Å². The first kappa shape index (κ1) is 16.9. The van der Waals surface area contributed by atoms with Crippen LogP contribution < -0.4 is 5.32 Å². The van der Waals surface area contributed by atoms with Crippen molar-refractivity contribution in [2.45, 2.75) is 37.6 Å². The van der Waals surface area contributed by atoms with Gasteiger partial charge in [-0.05, 0) is 0 Å². The number of ether oxygens (including phenoxy) is 4. The molecule has 0 aromatic rings. The van der Waals surface area contributed by atoms with Crippen LogP contribution in [0.3, 0.4) is 0 Å². The lowest BCUT2D eigenvalue weighted by Gasteiger charge is -2.42. The topological polar surface area (TPSA) is 137 Å². The Balaban J connectivity index is 2.98. The molecule has 1 rings (SSSR count). The van der Waals surface area contributed by atoms with Crippen molar-refractivity contribution < 1.29 is 43.2 Å². The Labute approximate surface area is 119 Å². The van der Waals surface area contributed by atoms with Gasteiger partial charge >= 0.3 is 0 Å². The highest BCUT2D eigenvalue weighted by molar-refractivity contribution is 5.73. The lowest BCUT2D eigenvalue weighted by molar-refractivity contribution is -0.259. The zero-order valence-corrected chi connectivity index (χ0v) is 11.0. The van der Waals surface area contributed by atoms with Crippen molar-refractivity contribution in [3.8, 4) is 0 Å². The summed E-state index contributed by atoms with van der Waals surface area (Å²) < 4.78 is 19.2. The van der Waals surface area contributed by atoms with Crippen molar-refractivity contribution >= 4 is 25.3 Å². The van der Waals surface area contributed by atoms with Crippen molar-refractivity contribution in [1.82, 2.24) is 5.32 Å². The Bertz CT molecular complexity index is 388. The zero-order chi connectivity index (χ0) is 15.8. The Kier molecular flexibility index (Phi) is 6.56. The van der Waals surface area contributed by atoms with Gasteiger partial charge in [0.2, 0.25) is 5.91 Å². The molecule has 1 fully saturated rings. The molecule has 0 bridgehead atoms. The number of carbonyl (C=O) groups excluding carboxylic acids is 4. The standard InChI is InChI=1S/C11H15NO9/c1-6(16)12-8-10(20-5-15)9(19-4-14)7(2-18-3-13)21-11(8)17/h3-5,7-11,17H,2H2,1H3,(H,12,16). The Morgan fingerprint density at radius 3 is 2.33 bits per heavy atom. The quantitative estimate of drug-likeness (QED) is 0.367. The fourth-order valence-electron chi connectivity index (χ4n) is 2.03. The van der Waals surface area contributed by atoms with Crippen LogP contribution in [0.15, 0.2) is 0 Å². The van der Waals surface area contributed by atoms with Gasteiger partial charge in [0.1, 0.15) is 18.8 Å². The average molecular weight is 305 g/mol. The van der Waals surface area contributed by atoms with Gasteiger partial charge in [0.25, 0.3) is 19.4 Å². The van der Waals surface area contributed by atoms with Gasteiger partial charge in [-0.15, -0.1) is 0 Å². The summed E-state index contributed by atoms with van der Waals surface area (Å²) in [6, 6.07) is -1.15. The van der Waals surface area contributed by atoms with Crippen LogP contribution in [-0.4, -0.2) is 67.7 Å². The number of hydrogen-bond acceptors (Lipinski definition) is 9. The molecule has 5 unspecified atom stereocenters. The van der Waals surface area contributed by atoms with Gasteiger partial charge in [-0.2, -0.15) is 0 Å². The van der Waals surface area contributed by atoms with Crippen LogP contribution >= 0.6 is 0 Å². The number of hydrogen-bond donors (Lipinski definition) is 2. The van der Waals surface area contributed by atoms with Gasteiger partial charge in [0.05, 0.1) is 0 Å². The highest BCUT2D eigenvalue weighted by atomic mass is 16.7. The number of nitrogens with one attached hydrogen (secondary N) is 1. The van der Waals surface area contributed by atoms with Gasteiger partial charge in [0, 0.05) is 6.92 Å². The molecule has 10 heteroatoms. The summed E-state index contributed by atoms with van der Waals surface area (Å²) >= 11 is 0. The Morgan fingerprint density at radius 2 is 1.81 bits per heavy atom. The predicted molar refractivity (Wildman–Crippen MR) is 62.4 cm³/mol. The van der Waals surface area contributed by atoms with E-state index in [9.17, 15) is 24.3 Å². The van der Waals surface area contributed by atoms with Crippen LogP contribution in [0.5, 0.6) is 0 Å². The largest absolute Gasteiger partial charge is 0.465 e. The summed E-state index contributed by atoms with van der Waals surface area (Å²) in [5.74, 6) is -0.519. The monoisotopic (exact) mass is 305 g/mol. The molecule has 0 radical (unpaired) electrons. The average Bonchev–Trinajstić information content (AvgIpc) is 2.43. The lowest BCUT2D eigenvalue weighted by Crippen LogP contribution is -2.65. The maximum atomic E-state index is 11.1. The third-order valence-corrected chi connectivity index (χ3v) is 2.79. The normalized spacial score (nSPS) is 31.6. The number of carbonyl (C=O) groups is 4. The van der Waals surface area contributed by atoms with E-state index in [1.807, 2.05) is 0 Å². The second kappa shape index (κ2) is 8.17. The van der Waals surface area contributed by atoms with Gasteiger partial charge in [-0.25, -0.2) is 0 Å². The van der Waals surface area contributed by atoms with Gasteiger partial charge in [0.15, 0.2) is 18.5 Å². The van der Waals surface area contributed by atoms with Crippen molar-refractivity contribution in [3.63, 3.8) is 0 Å². The molecule has 1 aliphatic heterocycles. The third-order valence-electron chi connectivity index (χ3n) is 2.79. The van der Waals surface area contributed by atoms with E-state index in [2.05, 4.69) is 10.1 Å². The third kappa shape index (κ3) is 4.39. The number of rotatable bonds is 8. The second-order valence-electron chi connectivity index (χ2n) is 4.11. The molecule has 0 spiro atoms. The van der Waals surface area contributed by atoms with E-state index in [4.69, 9.17) is 14.2 Å². The Morgan fingerprint density at radius 1 is 1.19 bits per heavy atom. The number of aliphatic hydroxyl groups is 1. The lowest BCUT2D eigenvalue weighted by atomic mass is 9.96. The minimum Gasteiger partial charge on any atom is -0.465 e. The molecule has 1 amide bonds. The minimum absolute atomic E-state index is 0.0797. The minimum atomic E-state index is -1.55. The second-order valence-corrected chi connectivity index (χ2v) is 4.11. The molecule has 1 aliphatic rings. The van der Waals surface area contributed by atoms with Crippen molar-refractivity contribution in [3.05, 3.63) is 0 Å². The molecule has 21 heavy (non-hydrogen) atoms. The summed E-state index contributed by atoms with van der Waals surface area (Å²) in [4.78, 5) is 42.5. The number of amides is 1. The summed E-state index contributed by atoms with van der Waals surface area (Å²) in [6.45, 7) is 1.15. The number of aliphatic hydroxyl groups excluding tert-OH is 1. The SMILES string of the molecule is CC(=O)NC1C(O)OC(COC=O)C(OC=O)C1OC=O. The molecule has 0 saturated carbocycles. The van der Waals surface area contributed by atoms with E-state index in [-0.39, 0.29) is 26.0 Å². The summed E-state index contributed by atoms with van der Waals surface area (Å²) in [7, 11) is 0. The highest BCUT2D eigenvalue weighted by Gasteiger charge is 2.49. The van der Waals surface area contributed by atoms with Crippen LogP contribution in [0.2, 0.25) is 0 Å². The summed E-state index contributed by atoms with van der Waals surface area (Å²) in [6.07, 6.45) is -5.00. The van der Waals surface area contributed by atoms with Crippen LogP contribution in [0.4, 0.5) is 0 Å². The van der Waals surface area contributed by atoms with Gasteiger partial charge in [-0.3, -0.25) is 19.2 Å². The van der Waals surface area contributed by atoms with Crippen LogP contribution in [-0.2, 0) is 38.1 Å². The van der Waals surface area contributed by atoms with Crippen LogP contribution in [0.25, 0.3) is 0 Å². The van der Waals surface area contributed by atoms with E-state index in [0.717, 1.165) is 0 Å². The van der Waals surface area contributed by atoms with Crippen LogP contribution in [0, 0.1) is 0 Å². The highest BCUT2D eigenvalue weighted by Crippen LogP contribution is 2.24. The maximum absolute atomic E-state index is 11.1. The molecule has 0 aliphatic carbocycles. The van der Waals surface area contributed by atoms with Crippen molar-refractivity contribution in [2.24, 2.45) is 0 Å². The Hall–Kier alpha value is -2.20. The van der Waals surface area contributed by atoms with Gasteiger partial charge in [-0.1, -0.05) is 0 Å². The van der Waals surface area contributed by atoms with Crippen LogP contribution in [0.1, 0.15) is 6.92 Å². The van der Waals surface area contributed by atoms with E-state index < -0.39 is 36.6 Å². The summed E-state index contributed by atoms with van der Waals surface area (Å²) in [5, 5.41) is 12.2. The first-order valence-electron chi connectivity index (χ1n) is 5.89. The molecular formula is C11H15NO9. The zero-order valence-electron chi connectivity index (χ0n) is 11.0. The molecule has 10 nitrogen and oxygen atoms in total. The molecule has 1 saturated heterocycles. The smallest absolute Gasteiger partial charge is 0.293 e. The van der Waals surface area contributed by atoms with E-state index in [1.54, 1.807) is 0 Å². The fourth-order valence-corrected chi connectivity index (χ4v) is 2.03. The van der Waals surface area contributed by atoms with Crippen molar-refractivity contribution in [1.29, 1.82) is 0 Å². The molecule has 0 aromatic heterocycles. The molecule has 118 valence electrons. The van der Waals surface area contributed by atoms with Gasteiger partial charge < -0.3 is 29.4 Å². The maximum Gasteiger partial charge on any atom is 0.293 e. The van der Waals surface area contributed by atoms with Crippen molar-refractivity contribution in [2.75, 3.05) is 6.61 Å². The molecular weight excluding hydrogens is 290 g/mol. The molecule has 5 atom stereocenters. The first-order valence-corrected chi connectivity index (χ1v) is 5.89. The first-order chi connectivity index (χ1) is 10.0.